The first-order valence-corrected chi connectivity index (χ1v) is 6.66. The molecule has 1 unspecified atom stereocenters. The van der Waals surface area contributed by atoms with Gasteiger partial charge in [0.05, 0.1) is 0 Å². The van der Waals surface area contributed by atoms with E-state index in [9.17, 15) is 0 Å². The van der Waals surface area contributed by atoms with Crippen molar-refractivity contribution in [2.45, 2.75) is 44.4 Å². The summed E-state index contributed by atoms with van der Waals surface area (Å²) in [6, 6.07) is 0. The first kappa shape index (κ1) is 10.3. The Labute approximate surface area is 97.0 Å². The van der Waals surface area contributed by atoms with Crippen molar-refractivity contribution >= 4 is 0 Å². The molecule has 0 spiro atoms. The van der Waals surface area contributed by atoms with Gasteiger partial charge < -0.3 is 10.3 Å². The summed E-state index contributed by atoms with van der Waals surface area (Å²) in [6.07, 6.45) is 9.97. The summed E-state index contributed by atoms with van der Waals surface area (Å²) in [5, 5.41) is 3.47. The fraction of sp³-hybridized carbons (Fsp3) is 0.769. The van der Waals surface area contributed by atoms with Crippen molar-refractivity contribution < 1.29 is 0 Å². The third-order valence-corrected chi connectivity index (χ3v) is 4.05. The number of piperidine rings is 1. The van der Waals surface area contributed by atoms with Crippen molar-refractivity contribution in [3.63, 3.8) is 0 Å². The van der Waals surface area contributed by atoms with E-state index in [2.05, 4.69) is 21.5 Å². The molecule has 1 aliphatic carbocycles. The highest BCUT2D eigenvalue weighted by atomic mass is 14.9. The third kappa shape index (κ3) is 2.14. The van der Waals surface area contributed by atoms with Crippen LogP contribution in [0.15, 0.2) is 6.20 Å². The van der Waals surface area contributed by atoms with E-state index in [-0.39, 0.29) is 0 Å². The van der Waals surface area contributed by atoms with Crippen LogP contribution >= 0.6 is 0 Å². The van der Waals surface area contributed by atoms with Gasteiger partial charge in [0.2, 0.25) is 0 Å². The van der Waals surface area contributed by atoms with Gasteiger partial charge in [-0.25, -0.2) is 4.98 Å². The molecule has 1 aromatic heterocycles. The van der Waals surface area contributed by atoms with Crippen LogP contribution < -0.4 is 5.32 Å². The summed E-state index contributed by atoms with van der Waals surface area (Å²) >= 11 is 0. The minimum atomic E-state index is 0.734. The fourth-order valence-corrected chi connectivity index (χ4v) is 2.78. The van der Waals surface area contributed by atoms with Crippen molar-refractivity contribution in [1.82, 2.24) is 15.3 Å². The van der Waals surface area contributed by atoms with Crippen LogP contribution in [0.2, 0.25) is 0 Å². The standard InChI is InChI=1S/C13H21N3/c1-4-11(5-1)13-15-9-12(16-13)7-10-3-2-6-14-8-10/h9-11,14H,1-8H2,(H,15,16). The van der Waals surface area contributed by atoms with E-state index in [0.29, 0.717) is 0 Å². The second-order valence-corrected chi connectivity index (χ2v) is 5.34. The first-order valence-electron chi connectivity index (χ1n) is 6.66. The lowest BCUT2D eigenvalue weighted by Crippen LogP contribution is -2.30. The molecule has 1 aliphatic heterocycles. The average molecular weight is 219 g/mol. The number of nitrogens with one attached hydrogen (secondary N) is 2. The summed E-state index contributed by atoms with van der Waals surface area (Å²) in [5.41, 5.74) is 1.34. The van der Waals surface area contributed by atoms with E-state index < -0.39 is 0 Å². The smallest absolute Gasteiger partial charge is 0.109 e. The number of hydrogen-bond donors (Lipinski definition) is 2. The largest absolute Gasteiger partial charge is 0.346 e. The van der Waals surface area contributed by atoms with Gasteiger partial charge in [0, 0.05) is 17.8 Å². The Morgan fingerprint density at radius 3 is 2.88 bits per heavy atom. The normalized spacial score (nSPS) is 26.6. The van der Waals surface area contributed by atoms with Crippen LogP contribution in [-0.2, 0) is 6.42 Å². The molecule has 3 heteroatoms. The molecule has 1 aromatic rings. The van der Waals surface area contributed by atoms with E-state index >= 15 is 0 Å². The summed E-state index contributed by atoms with van der Waals surface area (Å²) in [7, 11) is 0. The second-order valence-electron chi connectivity index (χ2n) is 5.34. The van der Waals surface area contributed by atoms with Crippen LogP contribution in [0.5, 0.6) is 0 Å². The Morgan fingerprint density at radius 1 is 1.25 bits per heavy atom. The first-order chi connectivity index (χ1) is 7.92. The van der Waals surface area contributed by atoms with Gasteiger partial charge in [0.25, 0.3) is 0 Å². The summed E-state index contributed by atoms with van der Waals surface area (Å²) in [6.45, 7) is 2.38. The van der Waals surface area contributed by atoms with Crippen molar-refractivity contribution in [3.05, 3.63) is 17.7 Å². The van der Waals surface area contributed by atoms with Crippen LogP contribution in [0.4, 0.5) is 0 Å². The molecule has 0 aromatic carbocycles. The van der Waals surface area contributed by atoms with Crippen molar-refractivity contribution in [2.75, 3.05) is 13.1 Å². The Balaban J connectivity index is 1.58. The van der Waals surface area contributed by atoms with Crippen LogP contribution in [0.25, 0.3) is 0 Å². The van der Waals surface area contributed by atoms with Gasteiger partial charge in [-0.15, -0.1) is 0 Å². The van der Waals surface area contributed by atoms with Gasteiger partial charge in [-0.2, -0.15) is 0 Å². The lowest BCUT2D eigenvalue weighted by molar-refractivity contribution is 0.372. The van der Waals surface area contributed by atoms with Crippen molar-refractivity contribution in [3.8, 4) is 0 Å². The van der Waals surface area contributed by atoms with Crippen LogP contribution in [0.3, 0.4) is 0 Å². The Hall–Kier alpha value is -0.830. The van der Waals surface area contributed by atoms with Crippen molar-refractivity contribution in [1.29, 1.82) is 0 Å². The van der Waals surface area contributed by atoms with Gasteiger partial charge >= 0.3 is 0 Å². The van der Waals surface area contributed by atoms with E-state index in [1.54, 1.807) is 0 Å². The number of aromatic amines is 1. The van der Waals surface area contributed by atoms with Crippen molar-refractivity contribution in [2.24, 2.45) is 5.92 Å². The number of rotatable bonds is 3. The molecule has 88 valence electrons. The van der Waals surface area contributed by atoms with Crippen LogP contribution in [-0.4, -0.2) is 23.1 Å². The molecule has 0 bridgehead atoms. The molecule has 1 saturated heterocycles. The Morgan fingerprint density at radius 2 is 2.19 bits per heavy atom. The molecular weight excluding hydrogens is 198 g/mol. The zero-order valence-corrected chi connectivity index (χ0v) is 9.84. The lowest BCUT2D eigenvalue weighted by Gasteiger charge is -2.23. The molecule has 2 heterocycles. The third-order valence-electron chi connectivity index (χ3n) is 4.05. The zero-order chi connectivity index (χ0) is 10.8. The predicted octanol–water partition coefficient (Wildman–Crippen LogP) is 2.22. The molecule has 0 radical (unpaired) electrons. The maximum Gasteiger partial charge on any atom is 0.109 e. The van der Waals surface area contributed by atoms with Gasteiger partial charge in [0.1, 0.15) is 5.82 Å². The zero-order valence-electron chi connectivity index (χ0n) is 9.84. The van der Waals surface area contributed by atoms with Gasteiger partial charge in [0.15, 0.2) is 0 Å². The van der Waals surface area contributed by atoms with Gasteiger partial charge in [-0.05, 0) is 51.1 Å². The number of hydrogen-bond acceptors (Lipinski definition) is 2. The number of H-pyrrole nitrogens is 1. The second kappa shape index (κ2) is 4.58. The quantitative estimate of drug-likeness (QED) is 0.818. The monoisotopic (exact) mass is 219 g/mol. The van der Waals surface area contributed by atoms with Gasteiger partial charge in [-0.1, -0.05) is 6.42 Å². The topological polar surface area (TPSA) is 40.7 Å². The molecule has 2 N–H and O–H groups in total. The number of aromatic nitrogens is 2. The van der Waals surface area contributed by atoms with E-state index in [1.165, 1.54) is 63.1 Å². The minimum absolute atomic E-state index is 0.734. The van der Waals surface area contributed by atoms with E-state index in [0.717, 1.165) is 11.8 Å². The predicted molar refractivity (Wildman–Crippen MR) is 64.5 cm³/mol. The minimum Gasteiger partial charge on any atom is -0.346 e. The van der Waals surface area contributed by atoms with Crippen LogP contribution in [0, 0.1) is 5.92 Å². The molecule has 1 saturated carbocycles. The number of imidazole rings is 1. The molecular formula is C13H21N3. The highest BCUT2D eigenvalue weighted by molar-refractivity contribution is 5.08. The molecule has 2 aliphatic rings. The summed E-state index contributed by atoms with van der Waals surface area (Å²) < 4.78 is 0. The van der Waals surface area contributed by atoms with Gasteiger partial charge in [-0.3, -0.25) is 0 Å². The molecule has 2 fully saturated rings. The van der Waals surface area contributed by atoms with E-state index in [1.807, 2.05) is 0 Å². The molecule has 1 atom stereocenters. The maximum absolute atomic E-state index is 4.53. The lowest BCUT2D eigenvalue weighted by atomic mass is 9.85. The Bertz CT molecular complexity index is 335. The summed E-state index contributed by atoms with van der Waals surface area (Å²) in [4.78, 5) is 8.05. The highest BCUT2D eigenvalue weighted by Crippen LogP contribution is 2.34. The van der Waals surface area contributed by atoms with Crippen LogP contribution in [0.1, 0.15) is 49.5 Å². The number of nitrogens with zero attached hydrogens (tertiary/aromatic N) is 1. The SMILES string of the molecule is c1nc(C2CCC2)[nH]c1CC1CCCNC1. The Kier molecular flexibility index (Phi) is 2.96. The molecule has 3 rings (SSSR count). The average Bonchev–Trinajstić information content (AvgIpc) is 2.65. The summed E-state index contributed by atoms with van der Waals surface area (Å²) in [5.74, 6) is 2.78. The molecule has 16 heavy (non-hydrogen) atoms. The molecule has 0 amide bonds. The maximum atomic E-state index is 4.53. The van der Waals surface area contributed by atoms with E-state index in [4.69, 9.17) is 0 Å². The highest BCUT2D eigenvalue weighted by Gasteiger charge is 2.22. The molecule has 3 nitrogen and oxygen atoms in total. The fourth-order valence-electron chi connectivity index (χ4n) is 2.78.